The second kappa shape index (κ2) is 5.20. The van der Waals surface area contributed by atoms with Gasteiger partial charge >= 0.3 is 0 Å². The first-order valence-electron chi connectivity index (χ1n) is 5.30. The number of carbonyl (C=O) groups excluding carboxylic acids is 1. The highest BCUT2D eigenvalue weighted by molar-refractivity contribution is 5.89. The molecule has 0 unspecified atom stereocenters. The number of aromatic amines is 1. The molecule has 0 spiro atoms. The molecule has 2 aromatic rings. The van der Waals surface area contributed by atoms with E-state index in [0.29, 0.717) is 6.54 Å². The minimum atomic E-state index is -0.227. The molecule has 1 aromatic heterocycles. The number of aromatic nitrogens is 4. The average Bonchev–Trinajstić information content (AvgIpc) is 2.90. The first-order chi connectivity index (χ1) is 8.27. The van der Waals surface area contributed by atoms with E-state index in [1.165, 1.54) is 5.56 Å². The third-order valence-electron chi connectivity index (χ3n) is 2.46. The van der Waals surface area contributed by atoms with Crippen molar-refractivity contribution >= 4 is 5.91 Å². The predicted molar refractivity (Wildman–Crippen MR) is 61.3 cm³/mol. The van der Waals surface area contributed by atoms with Crippen molar-refractivity contribution in [2.75, 3.05) is 13.6 Å². The topological polar surface area (TPSA) is 74.8 Å². The zero-order chi connectivity index (χ0) is 12.1. The summed E-state index contributed by atoms with van der Waals surface area (Å²) in [7, 11) is 1.72. The van der Waals surface area contributed by atoms with Gasteiger partial charge in [0.2, 0.25) is 0 Å². The number of nitrogens with zero attached hydrogens (tertiary/aromatic N) is 4. The summed E-state index contributed by atoms with van der Waals surface area (Å²) in [5.74, 6) is -0.129. The second-order valence-electron chi connectivity index (χ2n) is 3.70. The largest absolute Gasteiger partial charge is 0.339 e. The van der Waals surface area contributed by atoms with Crippen molar-refractivity contribution in [1.29, 1.82) is 0 Å². The Morgan fingerprint density at radius 3 is 2.76 bits per heavy atom. The van der Waals surface area contributed by atoms with E-state index in [4.69, 9.17) is 0 Å². The molecule has 0 aliphatic heterocycles. The summed E-state index contributed by atoms with van der Waals surface area (Å²) < 4.78 is 0. The van der Waals surface area contributed by atoms with E-state index >= 15 is 0 Å². The standard InChI is InChI=1S/C11H13N5O/c1-16(11(17)10-12-14-15-13-10)8-7-9-5-3-2-4-6-9/h2-6H,7-8H2,1H3,(H,12,13,14,15). The molecule has 0 aliphatic rings. The van der Waals surface area contributed by atoms with Gasteiger partial charge in [0.05, 0.1) is 0 Å². The smallest absolute Gasteiger partial charge is 0.295 e. The van der Waals surface area contributed by atoms with Gasteiger partial charge in [0.25, 0.3) is 11.7 Å². The SMILES string of the molecule is CN(CCc1ccccc1)C(=O)c1nn[nH]n1. The number of amides is 1. The Morgan fingerprint density at radius 2 is 2.12 bits per heavy atom. The Hall–Kier alpha value is -2.24. The molecule has 1 amide bonds. The third kappa shape index (κ3) is 2.87. The molecule has 88 valence electrons. The number of likely N-dealkylation sites (N-methyl/N-ethyl adjacent to an activating group) is 1. The van der Waals surface area contributed by atoms with Crippen molar-refractivity contribution in [1.82, 2.24) is 25.5 Å². The van der Waals surface area contributed by atoms with Gasteiger partial charge in [-0.3, -0.25) is 4.79 Å². The van der Waals surface area contributed by atoms with Gasteiger partial charge in [-0.2, -0.15) is 5.21 Å². The molecular weight excluding hydrogens is 218 g/mol. The molecule has 0 saturated heterocycles. The highest BCUT2D eigenvalue weighted by Crippen LogP contribution is 2.02. The van der Waals surface area contributed by atoms with E-state index < -0.39 is 0 Å². The van der Waals surface area contributed by atoms with Crippen molar-refractivity contribution in [3.05, 3.63) is 41.7 Å². The monoisotopic (exact) mass is 231 g/mol. The fourth-order valence-electron chi connectivity index (χ4n) is 1.47. The molecule has 1 heterocycles. The zero-order valence-corrected chi connectivity index (χ0v) is 9.50. The summed E-state index contributed by atoms with van der Waals surface area (Å²) in [6.07, 6.45) is 0.806. The number of carbonyl (C=O) groups is 1. The maximum atomic E-state index is 11.8. The van der Waals surface area contributed by atoms with Crippen LogP contribution < -0.4 is 0 Å². The number of rotatable bonds is 4. The lowest BCUT2D eigenvalue weighted by molar-refractivity contribution is 0.0784. The minimum absolute atomic E-state index is 0.0977. The van der Waals surface area contributed by atoms with Crippen molar-refractivity contribution in [3.8, 4) is 0 Å². The molecule has 2 rings (SSSR count). The zero-order valence-electron chi connectivity index (χ0n) is 9.50. The number of hydrogen-bond donors (Lipinski definition) is 1. The predicted octanol–water partition coefficient (Wildman–Crippen LogP) is 0.514. The second-order valence-corrected chi connectivity index (χ2v) is 3.70. The Bertz CT molecular complexity index is 468. The fourth-order valence-corrected chi connectivity index (χ4v) is 1.47. The van der Waals surface area contributed by atoms with Gasteiger partial charge in [-0.05, 0) is 17.2 Å². The molecule has 0 radical (unpaired) electrons. The van der Waals surface area contributed by atoms with Crippen LogP contribution in [0.15, 0.2) is 30.3 Å². The highest BCUT2D eigenvalue weighted by Gasteiger charge is 2.15. The first-order valence-corrected chi connectivity index (χ1v) is 5.30. The van der Waals surface area contributed by atoms with E-state index in [1.807, 2.05) is 30.3 Å². The van der Waals surface area contributed by atoms with Crippen LogP contribution in [0.5, 0.6) is 0 Å². The van der Waals surface area contributed by atoms with Gasteiger partial charge in [-0.15, -0.1) is 10.2 Å². The Balaban J connectivity index is 1.90. The van der Waals surface area contributed by atoms with Crippen molar-refractivity contribution in [2.24, 2.45) is 0 Å². The normalized spacial score (nSPS) is 10.2. The molecule has 0 aliphatic carbocycles. The van der Waals surface area contributed by atoms with Gasteiger partial charge in [0.15, 0.2) is 0 Å². The van der Waals surface area contributed by atoms with E-state index in [9.17, 15) is 4.79 Å². The molecule has 17 heavy (non-hydrogen) atoms. The molecule has 1 aromatic carbocycles. The van der Waals surface area contributed by atoms with Crippen molar-refractivity contribution in [2.45, 2.75) is 6.42 Å². The molecule has 6 heteroatoms. The molecule has 0 saturated carbocycles. The Morgan fingerprint density at radius 1 is 1.35 bits per heavy atom. The quantitative estimate of drug-likeness (QED) is 0.832. The van der Waals surface area contributed by atoms with Gasteiger partial charge in [0, 0.05) is 13.6 Å². The van der Waals surface area contributed by atoms with E-state index in [2.05, 4.69) is 20.6 Å². The van der Waals surface area contributed by atoms with Crippen LogP contribution in [-0.2, 0) is 6.42 Å². The Kier molecular flexibility index (Phi) is 3.44. The maximum Gasteiger partial charge on any atom is 0.295 e. The molecule has 6 nitrogen and oxygen atoms in total. The number of nitrogens with one attached hydrogen (secondary N) is 1. The number of tetrazole rings is 1. The summed E-state index contributed by atoms with van der Waals surface area (Å²) in [5.41, 5.74) is 1.19. The number of H-pyrrole nitrogens is 1. The summed E-state index contributed by atoms with van der Waals surface area (Å²) in [4.78, 5) is 13.3. The lowest BCUT2D eigenvalue weighted by Crippen LogP contribution is -2.29. The summed E-state index contributed by atoms with van der Waals surface area (Å²) in [6, 6.07) is 10.0. The van der Waals surface area contributed by atoms with Crippen LogP contribution in [0.1, 0.15) is 16.2 Å². The summed E-state index contributed by atoms with van der Waals surface area (Å²) in [6.45, 7) is 0.622. The molecule has 0 atom stereocenters. The average molecular weight is 231 g/mol. The van der Waals surface area contributed by atoms with Gasteiger partial charge in [-0.25, -0.2) is 0 Å². The lowest BCUT2D eigenvalue weighted by Gasteiger charge is -2.14. The number of benzene rings is 1. The van der Waals surface area contributed by atoms with Crippen LogP contribution in [0, 0.1) is 0 Å². The molecule has 0 fully saturated rings. The van der Waals surface area contributed by atoms with Crippen LogP contribution in [0.3, 0.4) is 0 Å². The van der Waals surface area contributed by atoms with E-state index in [-0.39, 0.29) is 11.7 Å². The molecule has 1 N–H and O–H groups in total. The highest BCUT2D eigenvalue weighted by atomic mass is 16.2. The summed E-state index contributed by atoms with van der Waals surface area (Å²) in [5, 5.41) is 12.9. The van der Waals surface area contributed by atoms with Gasteiger partial charge in [0.1, 0.15) is 0 Å². The first kappa shape index (κ1) is 11.3. The Labute approximate surface area is 98.6 Å². The van der Waals surface area contributed by atoms with Crippen molar-refractivity contribution in [3.63, 3.8) is 0 Å². The minimum Gasteiger partial charge on any atom is -0.339 e. The number of hydrogen-bond acceptors (Lipinski definition) is 4. The summed E-state index contributed by atoms with van der Waals surface area (Å²) >= 11 is 0. The maximum absolute atomic E-state index is 11.8. The third-order valence-corrected chi connectivity index (χ3v) is 2.46. The van der Waals surface area contributed by atoms with Gasteiger partial charge in [-0.1, -0.05) is 30.3 Å². The van der Waals surface area contributed by atoms with E-state index in [0.717, 1.165) is 6.42 Å². The van der Waals surface area contributed by atoms with Crippen LogP contribution in [0.25, 0.3) is 0 Å². The molecular formula is C11H13N5O. The van der Waals surface area contributed by atoms with E-state index in [1.54, 1.807) is 11.9 Å². The van der Waals surface area contributed by atoms with Crippen LogP contribution in [0.4, 0.5) is 0 Å². The van der Waals surface area contributed by atoms with Crippen LogP contribution in [0.2, 0.25) is 0 Å². The van der Waals surface area contributed by atoms with Crippen molar-refractivity contribution < 1.29 is 4.79 Å². The van der Waals surface area contributed by atoms with Gasteiger partial charge < -0.3 is 4.90 Å². The van der Waals surface area contributed by atoms with Crippen LogP contribution >= 0.6 is 0 Å². The molecule has 0 bridgehead atoms. The fraction of sp³-hybridized carbons (Fsp3) is 0.273. The van der Waals surface area contributed by atoms with Crippen LogP contribution in [-0.4, -0.2) is 45.0 Å². The lowest BCUT2D eigenvalue weighted by atomic mass is 10.1.